The highest BCUT2D eigenvalue weighted by Gasteiger charge is 2.21. The van der Waals surface area contributed by atoms with Gasteiger partial charge in [0.25, 0.3) is 5.91 Å². The lowest BCUT2D eigenvalue weighted by Gasteiger charge is -2.34. The predicted molar refractivity (Wildman–Crippen MR) is 90.4 cm³/mol. The van der Waals surface area contributed by atoms with Crippen LogP contribution in [0.3, 0.4) is 0 Å². The third-order valence-corrected chi connectivity index (χ3v) is 4.10. The molecule has 1 aliphatic heterocycles. The number of carbonyl (C=O) groups is 1. The summed E-state index contributed by atoms with van der Waals surface area (Å²) in [7, 11) is 0. The number of piperazine rings is 1. The van der Waals surface area contributed by atoms with Crippen LogP contribution in [0.25, 0.3) is 0 Å². The molecule has 1 aromatic rings. The van der Waals surface area contributed by atoms with Gasteiger partial charge in [0.1, 0.15) is 0 Å². The molecule has 0 saturated carbocycles. The van der Waals surface area contributed by atoms with E-state index in [0.29, 0.717) is 0 Å². The maximum Gasteiger partial charge on any atom is 0.253 e. The van der Waals surface area contributed by atoms with Crippen LogP contribution in [0.15, 0.2) is 24.3 Å². The summed E-state index contributed by atoms with van der Waals surface area (Å²) in [5.74, 6) is 0.168. The molecule has 1 fully saturated rings. The average Bonchev–Trinajstić information content (AvgIpc) is 2.46. The molecule has 2 rings (SSSR count). The van der Waals surface area contributed by atoms with Crippen molar-refractivity contribution in [2.45, 2.75) is 33.1 Å². The molecule has 0 aliphatic carbocycles. The number of likely N-dealkylation sites (N-methyl/N-ethyl adjacent to an activating group) is 1. The first-order chi connectivity index (χ1) is 9.41. The molecule has 1 saturated heterocycles. The van der Waals surface area contributed by atoms with E-state index in [2.05, 4.69) is 44.7 Å². The summed E-state index contributed by atoms with van der Waals surface area (Å²) < 4.78 is 0. The van der Waals surface area contributed by atoms with Gasteiger partial charge in [-0.2, -0.15) is 0 Å². The number of rotatable bonds is 2. The Bertz CT molecular complexity index is 457. The highest BCUT2D eigenvalue weighted by Crippen LogP contribution is 2.22. The van der Waals surface area contributed by atoms with Gasteiger partial charge in [0, 0.05) is 31.7 Å². The molecule has 1 aromatic carbocycles. The van der Waals surface area contributed by atoms with Crippen molar-refractivity contribution in [2.24, 2.45) is 0 Å². The molecule has 0 radical (unpaired) electrons. The fraction of sp³-hybridized carbons (Fsp3) is 0.588. The molecule has 0 bridgehead atoms. The van der Waals surface area contributed by atoms with E-state index in [1.165, 1.54) is 5.56 Å². The first kappa shape index (κ1) is 18.0. The van der Waals surface area contributed by atoms with E-state index >= 15 is 0 Å². The summed E-state index contributed by atoms with van der Waals surface area (Å²) >= 11 is 0. The van der Waals surface area contributed by atoms with Crippen molar-refractivity contribution in [2.75, 3.05) is 32.7 Å². The Kier molecular flexibility index (Phi) is 6.24. The minimum atomic E-state index is 0. The molecule has 0 spiro atoms. The molecule has 118 valence electrons. The van der Waals surface area contributed by atoms with Gasteiger partial charge in [-0.05, 0) is 29.7 Å². The van der Waals surface area contributed by atoms with Crippen LogP contribution in [0.4, 0.5) is 0 Å². The minimum Gasteiger partial charge on any atom is -0.336 e. The molecule has 21 heavy (non-hydrogen) atoms. The van der Waals surface area contributed by atoms with Gasteiger partial charge in [-0.1, -0.05) is 39.8 Å². The van der Waals surface area contributed by atoms with E-state index in [1.807, 2.05) is 17.0 Å². The van der Waals surface area contributed by atoms with Crippen LogP contribution in [0.5, 0.6) is 0 Å². The number of halogens is 1. The summed E-state index contributed by atoms with van der Waals surface area (Å²) in [4.78, 5) is 16.8. The van der Waals surface area contributed by atoms with Crippen LogP contribution >= 0.6 is 12.4 Å². The molecule has 3 nitrogen and oxygen atoms in total. The number of carbonyl (C=O) groups excluding carboxylic acids is 1. The van der Waals surface area contributed by atoms with Crippen LogP contribution in [0.1, 0.15) is 43.6 Å². The molecule has 1 heterocycles. The van der Waals surface area contributed by atoms with E-state index in [1.54, 1.807) is 0 Å². The Morgan fingerprint density at radius 2 is 1.57 bits per heavy atom. The number of hydrogen-bond acceptors (Lipinski definition) is 2. The molecule has 0 N–H and O–H groups in total. The molecule has 4 heteroatoms. The summed E-state index contributed by atoms with van der Waals surface area (Å²) in [5.41, 5.74) is 2.21. The molecule has 0 atom stereocenters. The Labute approximate surface area is 134 Å². The Morgan fingerprint density at radius 1 is 1.05 bits per heavy atom. The van der Waals surface area contributed by atoms with Crippen LogP contribution in [-0.4, -0.2) is 48.4 Å². The predicted octanol–water partition coefficient (Wildman–Crippen LogP) is 3.18. The van der Waals surface area contributed by atoms with Gasteiger partial charge in [-0.3, -0.25) is 4.79 Å². The SMILES string of the molecule is CCN1CCN(C(=O)c2ccc(C(C)(C)C)cc2)CC1.Cl. The zero-order chi connectivity index (χ0) is 14.8. The third-order valence-electron chi connectivity index (χ3n) is 4.10. The lowest BCUT2D eigenvalue weighted by atomic mass is 9.86. The maximum atomic E-state index is 12.5. The Balaban J connectivity index is 0.00000220. The van der Waals surface area contributed by atoms with E-state index in [9.17, 15) is 4.79 Å². The smallest absolute Gasteiger partial charge is 0.253 e. The largest absolute Gasteiger partial charge is 0.336 e. The standard InChI is InChI=1S/C17H26N2O.ClH/c1-5-18-10-12-19(13-11-18)16(20)14-6-8-15(9-7-14)17(2,3)4;/h6-9H,5,10-13H2,1-4H3;1H. The zero-order valence-electron chi connectivity index (χ0n) is 13.6. The number of amides is 1. The average molecular weight is 311 g/mol. The van der Waals surface area contributed by atoms with E-state index in [0.717, 1.165) is 38.3 Å². The van der Waals surface area contributed by atoms with Crippen molar-refractivity contribution >= 4 is 18.3 Å². The summed E-state index contributed by atoms with van der Waals surface area (Å²) in [6.07, 6.45) is 0. The lowest BCUT2D eigenvalue weighted by Crippen LogP contribution is -2.48. The van der Waals surface area contributed by atoms with Crippen LogP contribution in [0.2, 0.25) is 0 Å². The van der Waals surface area contributed by atoms with Crippen molar-refractivity contribution < 1.29 is 4.79 Å². The normalized spacial score (nSPS) is 16.5. The van der Waals surface area contributed by atoms with Gasteiger partial charge < -0.3 is 9.80 Å². The number of benzene rings is 1. The van der Waals surface area contributed by atoms with Crippen LogP contribution in [0, 0.1) is 0 Å². The maximum absolute atomic E-state index is 12.5. The number of nitrogens with zero attached hydrogens (tertiary/aromatic N) is 2. The van der Waals surface area contributed by atoms with Crippen LogP contribution < -0.4 is 0 Å². The molecule has 0 unspecified atom stereocenters. The topological polar surface area (TPSA) is 23.6 Å². The summed E-state index contributed by atoms with van der Waals surface area (Å²) in [6, 6.07) is 8.09. The fourth-order valence-electron chi connectivity index (χ4n) is 2.56. The highest BCUT2D eigenvalue weighted by molar-refractivity contribution is 5.94. The molecular weight excluding hydrogens is 284 g/mol. The summed E-state index contributed by atoms with van der Waals surface area (Å²) in [6.45, 7) is 13.5. The second-order valence-electron chi connectivity index (χ2n) is 6.55. The third kappa shape index (κ3) is 4.45. The fourth-order valence-corrected chi connectivity index (χ4v) is 2.56. The monoisotopic (exact) mass is 310 g/mol. The van der Waals surface area contributed by atoms with Crippen molar-refractivity contribution in [1.82, 2.24) is 9.80 Å². The van der Waals surface area contributed by atoms with Gasteiger partial charge in [0.2, 0.25) is 0 Å². The van der Waals surface area contributed by atoms with Gasteiger partial charge in [-0.15, -0.1) is 12.4 Å². The summed E-state index contributed by atoms with van der Waals surface area (Å²) in [5, 5.41) is 0. The molecule has 1 amide bonds. The van der Waals surface area contributed by atoms with Crippen LogP contribution in [-0.2, 0) is 5.41 Å². The van der Waals surface area contributed by atoms with Crippen molar-refractivity contribution in [3.8, 4) is 0 Å². The highest BCUT2D eigenvalue weighted by atomic mass is 35.5. The van der Waals surface area contributed by atoms with Gasteiger partial charge in [0.15, 0.2) is 0 Å². The Hall–Kier alpha value is -1.06. The van der Waals surface area contributed by atoms with Crippen molar-refractivity contribution in [1.29, 1.82) is 0 Å². The second kappa shape index (κ2) is 7.28. The van der Waals surface area contributed by atoms with E-state index < -0.39 is 0 Å². The van der Waals surface area contributed by atoms with E-state index in [-0.39, 0.29) is 23.7 Å². The molecule has 0 aromatic heterocycles. The van der Waals surface area contributed by atoms with Crippen molar-refractivity contribution in [3.63, 3.8) is 0 Å². The first-order valence-corrected chi connectivity index (χ1v) is 7.54. The number of hydrogen-bond donors (Lipinski definition) is 0. The second-order valence-corrected chi connectivity index (χ2v) is 6.55. The van der Waals surface area contributed by atoms with Gasteiger partial charge in [0.05, 0.1) is 0 Å². The zero-order valence-corrected chi connectivity index (χ0v) is 14.4. The first-order valence-electron chi connectivity index (χ1n) is 7.54. The van der Waals surface area contributed by atoms with Gasteiger partial charge in [-0.25, -0.2) is 0 Å². The van der Waals surface area contributed by atoms with Crippen molar-refractivity contribution in [3.05, 3.63) is 35.4 Å². The lowest BCUT2D eigenvalue weighted by molar-refractivity contribution is 0.0643. The quantitative estimate of drug-likeness (QED) is 0.837. The Morgan fingerprint density at radius 3 is 2.00 bits per heavy atom. The molecule has 1 aliphatic rings. The minimum absolute atomic E-state index is 0. The van der Waals surface area contributed by atoms with E-state index in [4.69, 9.17) is 0 Å². The molecular formula is C17H27ClN2O. The van der Waals surface area contributed by atoms with Gasteiger partial charge >= 0.3 is 0 Å².